The summed E-state index contributed by atoms with van der Waals surface area (Å²) in [4.78, 5) is 33.0. The van der Waals surface area contributed by atoms with E-state index in [0.29, 0.717) is 5.69 Å². The third-order valence-electron chi connectivity index (χ3n) is 8.19. The second kappa shape index (κ2) is 16.4. The van der Waals surface area contributed by atoms with Gasteiger partial charge in [0.15, 0.2) is 0 Å². The zero-order valence-electron chi connectivity index (χ0n) is 29.6. The van der Waals surface area contributed by atoms with E-state index in [1.54, 1.807) is 42.2 Å². The highest BCUT2D eigenvalue weighted by molar-refractivity contribution is 14.1. The van der Waals surface area contributed by atoms with Gasteiger partial charge in [0.05, 0.1) is 53.5 Å². The van der Waals surface area contributed by atoms with Crippen molar-refractivity contribution in [3.8, 4) is 22.6 Å². The number of imidazole rings is 5. The number of carbonyl (C=O) groups excluding carboxylic acids is 1. The van der Waals surface area contributed by atoms with Crippen LogP contribution in [0.15, 0.2) is 134 Å². The Labute approximate surface area is 339 Å². The van der Waals surface area contributed by atoms with Gasteiger partial charge < -0.3 is 24.2 Å². The summed E-state index contributed by atoms with van der Waals surface area (Å²) in [5.74, 6) is 0. The fraction of sp³-hybridized carbons (Fsp3) is 0.105. The Hall–Kier alpha value is -6.02. The largest absolute Gasteiger partial charge is 0.405 e. The summed E-state index contributed by atoms with van der Waals surface area (Å²) in [7, 11) is 0. The van der Waals surface area contributed by atoms with E-state index in [4.69, 9.17) is 0 Å². The molecule has 0 unspecified atom stereocenters. The molecule has 0 aliphatic heterocycles. The van der Waals surface area contributed by atoms with Crippen LogP contribution in [-0.4, -0.2) is 66.0 Å². The standard InChI is InChI=1S/C20H17F3N6O.C11H9IN4.C7H5BrN2/c1-13-10-28(12-26-13)16-5-6-29-17(9-24-18(29)8-16)14-3-2-4-15(7-14)27-19(30)25-11-20(21,22)23;1-8-6-15(7-14-8)9-2-3-16-10(12)5-13-11(16)4-9;8-6-1-3-10-4-2-9-7(10)5-6/h2-10,12H,11H2,1H3,(H2,25,27,30);2-7H,1H3;1-5H. The minimum absolute atomic E-state index is 0.368. The Bertz CT molecular complexity index is 2780. The molecular weight excluding hydrogens is 904 g/mol. The van der Waals surface area contributed by atoms with Gasteiger partial charge in [-0.1, -0.05) is 28.1 Å². The third kappa shape index (κ3) is 9.25. The summed E-state index contributed by atoms with van der Waals surface area (Å²) >= 11 is 5.63. The summed E-state index contributed by atoms with van der Waals surface area (Å²) in [6.45, 7) is 2.49. The molecule has 0 saturated carbocycles. The molecule has 0 atom stereocenters. The summed E-state index contributed by atoms with van der Waals surface area (Å²) in [5, 5.41) is 4.19. The monoisotopic (exact) mass is 934 g/mol. The number of aryl methyl sites for hydroxylation is 2. The number of carbonyl (C=O) groups is 1. The number of pyridine rings is 3. The predicted octanol–water partition coefficient (Wildman–Crippen LogP) is 8.71. The minimum atomic E-state index is -4.47. The van der Waals surface area contributed by atoms with Crippen LogP contribution in [0.4, 0.5) is 23.7 Å². The molecule has 1 aromatic carbocycles. The maximum Gasteiger partial charge on any atom is 0.405 e. The molecular formula is C38H31BrF3IN12O. The molecule has 13 nitrogen and oxygen atoms in total. The number of nitrogens with one attached hydrogen (secondary N) is 2. The van der Waals surface area contributed by atoms with Crippen molar-refractivity contribution in [1.82, 2.24) is 52.6 Å². The quantitative estimate of drug-likeness (QED) is 0.166. The predicted molar refractivity (Wildman–Crippen MR) is 218 cm³/mol. The van der Waals surface area contributed by atoms with Crippen molar-refractivity contribution in [2.45, 2.75) is 20.0 Å². The van der Waals surface area contributed by atoms with Crippen LogP contribution in [0.2, 0.25) is 0 Å². The molecule has 0 aliphatic rings. The summed E-state index contributed by atoms with van der Waals surface area (Å²) in [6, 6.07) is 17.8. The van der Waals surface area contributed by atoms with Crippen LogP contribution in [-0.2, 0) is 0 Å². The van der Waals surface area contributed by atoms with Gasteiger partial charge in [-0.05, 0) is 72.8 Å². The molecule has 9 rings (SSSR count). The smallest absolute Gasteiger partial charge is 0.329 e. The normalized spacial score (nSPS) is 11.3. The lowest BCUT2D eigenvalue weighted by atomic mass is 10.1. The summed E-state index contributed by atoms with van der Waals surface area (Å²) < 4.78 is 48.7. The molecule has 56 heavy (non-hydrogen) atoms. The van der Waals surface area contributed by atoms with E-state index < -0.39 is 18.8 Å². The number of halogens is 5. The van der Waals surface area contributed by atoms with Crippen molar-refractivity contribution in [1.29, 1.82) is 0 Å². The van der Waals surface area contributed by atoms with Crippen LogP contribution >= 0.6 is 38.5 Å². The highest BCUT2D eigenvalue weighted by Crippen LogP contribution is 2.25. The number of aromatic nitrogens is 10. The number of nitrogens with zero attached hydrogens (tertiary/aromatic N) is 10. The summed E-state index contributed by atoms with van der Waals surface area (Å²) in [5.41, 5.74) is 8.44. The van der Waals surface area contributed by atoms with E-state index in [0.717, 1.165) is 59.1 Å². The molecule has 2 amide bonds. The van der Waals surface area contributed by atoms with Gasteiger partial charge in [-0.25, -0.2) is 29.7 Å². The molecule has 0 bridgehead atoms. The molecule has 18 heteroatoms. The van der Waals surface area contributed by atoms with E-state index in [2.05, 4.69) is 74.8 Å². The van der Waals surface area contributed by atoms with E-state index in [1.165, 1.54) is 0 Å². The molecule has 0 spiro atoms. The molecule has 0 saturated heterocycles. The Balaban J connectivity index is 0.000000152. The first kappa shape index (κ1) is 38.3. The molecule has 0 radical (unpaired) electrons. The topological polar surface area (TPSA) is 129 Å². The van der Waals surface area contributed by atoms with Crippen molar-refractivity contribution in [2.24, 2.45) is 0 Å². The number of alkyl halides is 3. The van der Waals surface area contributed by atoms with Gasteiger partial charge in [-0.15, -0.1) is 0 Å². The van der Waals surface area contributed by atoms with E-state index in [1.807, 2.05) is 122 Å². The number of amides is 2. The Morgan fingerprint density at radius 1 is 0.768 bits per heavy atom. The molecule has 8 aromatic heterocycles. The Kier molecular flexibility index (Phi) is 11.2. The average Bonchev–Trinajstić information content (AvgIpc) is 4.03. The van der Waals surface area contributed by atoms with Crippen LogP contribution in [0.1, 0.15) is 11.4 Å². The number of hydrogen-bond acceptors (Lipinski definition) is 6. The lowest BCUT2D eigenvalue weighted by molar-refractivity contribution is -0.122. The molecule has 284 valence electrons. The second-order valence-electron chi connectivity index (χ2n) is 12.3. The van der Waals surface area contributed by atoms with Gasteiger partial charge in [0.25, 0.3) is 0 Å². The van der Waals surface area contributed by atoms with E-state index >= 15 is 0 Å². The first-order valence-electron chi connectivity index (χ1n) is 16.8. The molecule has 0 fully saturated rings. The van der Waals surface area contributed by atoms with Crippen LogP contribution in [0, 0.1) is 17.5 Å². The molecule has 8 heterocycles. The van der Waals surface area contributed by atoms with Crippen molar-refractivity contribution in [3.05, 3.63) is 149 Å². The van der Waals surface area contributed by atoms with Crippen LogP contribution in [0.25, 0.3) is 39.6 Å². The van der Waals surface area contributed by atoms with Crippen LogP contribution < -0.4 is 10.6 Å². The fourth-order valence-corrected chi connectivity index (χ4v) is 6.44. The SMILES string of the molecule is Brc1ccn2ccnc2c1.Cc1cn(-c2ccn3c(-c4cccc(NC(=O)NCC(F)(F)F)c4)cnc3c2)cn1.Cc1cn(-c2ccn3c(I)cnc3c2)cn1. The van der Waals surface area contributed by atoms with Crippen LogP contribution in [0.5, 0.6) is 0 Å². The van der Waals surface area contributed by atoms with Crippen molar-refractivity contribution >= 4 is 67.2 Å². The first-order valence-corrected chi connectivity index (χ1v) is 18.7. The number of fused-ring (bicyclic) bond motifs is 3. The minimum Gasteiger partial charge on any atom is -0.329 e. The lowest BCUT2D eigenvalue weighted by Gasteiger charge is -2.11. The maximum absolute atomic E-state index is 12.2. The zero-order chi connectivity index (χ0) is 39.4. The van der Waals surface area contributed by atoms with E-state index in [-0.39, 0.29) is 0 Å². The van der Waals surface area contributed by atoms with Gasteiger partial charge >= 0.3 is 12.2 Å². The van der Waals surface area contributed by atoms with Crippen LogP contribution in [0.3, 0.4) is 0 Å². The number of rotatable bonds is 5. The number of benzene rings is 1. The van der Waals surface area contributed by atoms with Gasteiger partial charge in [-0.2, -0.15) is 13.2 Å². The highest BCUT2D eigenvalue weighted by atomic mass is 127. The van der Waals surface area contributed by atoms with Gasteiger partial charge in [0.1, 0.15) is 27.2 Å². The van der Waals surface area contributed by atoms with Gasteiger partial charge in [-0.3, -0.25) is 8.80 Å². The van der Waals surface area contributed by atoms with Crippen molar-refractivity contribution in [3.63, 3.8) is 0 Å². The highest BCUT2D eigenvalue weighted by Gasteiger charge is 2.27. The zero-order valence-corrected chi connectivity index (χ0v) is 33.3. The number of urea groups is 1. The lowest BCUT2D eigenvalue weighted by Crippen LogP contribution is -2.36. The van der Waals surface area contributed by atoms with Crippen molar-refractivity contribution < 1.29 is 18.0 Å². The third-order valence-corrected chi connectivity index (χ3v) is 9.49. The first-order chi connectivity index (χ1) is 26.9. The van der Waals surface area contributed by atoms with Gasteiger partial charge in [0, 0.05) is 71.2 Å². The average molecular weight is 936 g/mol. The molecule has 9 aromatic rings. The molecule has 0 aliphatic carbocycles. The maximum atomic E-state index is 12.2. The molecule has 2 N–H and O–H groups in total. The fourth-order valence-electron chi connectivity index (χ4n) is 5.57. The van der Waals surface area contributed by atoms with Crippen molar-refractivity contribution in [2.75, 3.05) is 11.9 Å². The Morgan fingerprint density at radius 2 is 1.43 bits per heavy atom. The Morgan fingerprint density at radius 3 is 2.09 bits per heavy atom. The second-order valence-corrected chi connectivity index (χ2v) is 14.4. The number of hydrogen-bond donors (Lipinski definition) is 2. The number of anilines is 1. The summed E-state index contributed by atoms with van der Waals surface area (Å²) in [6.07, 6.45) is 16.1. The van der Waals surface area contributed by atoms with Gasteiger partial charge in [0.2, 0.25) is 0 Å². The van der Waals surface area contributed by atoms with E-state index in [9.17, 15) is 18.0 Å².